The SMILES string of the molecule is C/C(=N\O)c1ccccc1OCC(=O)NC1CCCCC1. The van der Waals surface area contributed by atoms with Gasteiger partial charge in [0.1, 0.15) is 5.75 Å². The number of hydrogen-bond donors (Lipinski definition) is 2. The minimum Gasteiger partial charge on any atom is -0.483 e. The maximum absolute atomic E-state index is 11.9. The fraction of sp³-hybridized carbons (Fsp3) is 0.500. The summed E-state index contributed by atoms with van der Waals surface area (Å²) in [5.74, 6) is 0.446. The van der Waals surface area contributed by atoms with Crippen molar-refractivity contribution in [3.05, 3.63) is 29.8 Å². The second kappa shape index (κ2) is 7.67. The molecule has 5 nitrogen and oxygen atoms in total. The first-order valence-corrected chi connectivity index (χ1v) is 7.41. The summed E-state index contributed by atoms with van der Waals surface area (Å²) in [6.07, 6.45) is 5.73. The minimum absolute atomic E-state index is 0.0216. The van der Waals surface area contributed by atoms with Gasteiger partial charge in [-0.1, -0.05) is 36.6 Å². The molecule has 5 heteroatoms. The topological polar surface area (TPSA) is 70.9 Å². The molecule has 0 atom stereocenters. The Kier molecular flexibility index (Phi) is 5.60. The summed E-state index contributed by atoms with van der Waals surface area (Å²) in [6.45, 7) is 1.66. The van der Waals surface area contributed by atoms with Crippen LogP contribution in [0.3, 0.4) is 0 Å². The number of nitrogens with zero attached hydrogens (tertiary/aromatic N) is 1. The van der Waals surface area contributed by atoms with Gasteiger partial charge in [-0.25, -0.2) is 0 Å². The Morgan fingerprint density at radius 2 is 2.05 bits per heavy atom. The highest BCUT2D eigenvalue weighted by Gasteiger charge is 2.16. The fourth-order valence-corrected chi connectivity index (χ4v) is 2.60. The van der Waals surface area contributed by atoms with Gasteiger partial charge in [-0.15, -0.1) is 0 Å². The normalized spacial score (nSPS) is 16.5. The van der Waals surface area contributed by atoms with Crippen molar-refractivity contribution in [2.75, 3.05) is 6.61 Å². The van der Waals surface area contributed by atoms with Crippen molar-refractivity contribution in [1.29, 1.82) is 0 Å². The van der Waals surface area contributed by atoms with Crippen molar-refractivity contribution >= 4 is 11.6 Å². The quantitative estimate of drug-likeness (QED) is 0.497. The number of rotatable bonds is 5. The van der Waals surface area contributed by atoms with Gasteiger partial charge in [0.05, 0.1) is 5.71 Å². The molecule has 21 heavy (non-hydrogen) atoms. The van der Waals surface area contributed by atoms with E-state index in [0.29, 0.717) is 17.0 Å². The molecule has 1 fully saturated rings. The van der Waals surface area contributed by atoms with Gasteiger partial charge in [-0.05, 0) is 31.9 Å². The number of amides is 1. The molecule has 0 heterocycles. The minimum atomic E-state index is -0.102. The summed E-state index contributed by atoms with van der Waals surface area (Å²) >= 11 is 0. The van der Waals surface area contributed by atoms with Gasteiger partial charge < -0.3 is 15.3 Å². The van der Waals surface area contributed by atoms with Crippen molar-refractivity contribution in [3.63, 3.8) is 0 Å². The van der Waals surface area contributed by atoms with Crippen molar-refractivity contribution in [2.45, 2.75) is 45.1 Å². The monoisotopic (exact) mass is 290 g/mol. The van der Waals surface area contributed by atoms with E-state index in [1.807, 2.05) is 12.1 Å². The first-order chi connectivity index (χ1) is 10.2. The smallest absolute Gasteiger partial charge is 0.258 e. The number of nitrogens with one attached hydrogen (secondary N) is 1. The molecule has 1 aromatic rings. The largest absolute Gasteiger partial charge is 0.483 e. The van der Waals surface area contributed by atoms with Crippen molar-refractivity contribution in [2.24, 2.45) is 5.16 Å². The van der Waals surface area contributed by atoms with Crippen LogP contribution >= 0.6 is 0 Å². The predicted octanol–water partition coefficient (Wildman–Crippen LogP) is 2.71. The van der Waals surface area contributed by atoms with E-state index in [1.54, 1.807) is 19.1 Å². The summed E-state index contributed by atoms with van der Waals surface area (Å²) in [4.78, 5) is 11.9. The van der Waals surface area contributed by atoms with Gasteiger partial charge in [0, 0.05) is 11.6 Å². The highest BCUT2D eigenvalue weighted by molar-refractivity contribution is 6.00. The maximum atomic E-state index is 11.9. The summed E-state index contributed by atoms with van der Waals surface area (Å²) < 4.78 is 5.56. The lowest BCUT2D eigenvalue weighted by Crippen LogP contribution is -2.39. The van der Waals surface area contributed by atoms with E-state index >= 15 is 0 Å². The molecule has 2 N–H and O–H groups in total. The van der Waals surface area contributed by atoms with Gasteiger partial charge >= 0.3 is 0 Å². The second-order valence-electron chi connectivity index (χ2n) is 5.37. The number of ether oxygens (including phenoxy) is 1. The molecule has 0 radical (unpaired) electrons. The molecule has 1 aliphatic carbocycles. The molecule has 1 amide bonds. The number of hydrogen-bond acceptors (Lipinski definition) is 4. The highest BCUT2D eigenvalue weighted by Crippen LogP contribution is 2.19. The van der Waals surface area contributed by atoms with E-state index in [2.05, 4.69) is 10.5 Å². The number of benzene rings is 1. The molecule has 0 unspecified atom stereocenters. The predicted molar refractivity (Wildman–Crippen MR) is 81.0 cm³/mol. The zero-order chi connectivity index (χ0) is 15.1. The lowest BCUT2D eigenvalue weighted by atomic mass is 9.95. The van der Waals surface area contributed by atoms with Crippen LogP contribution in [-0.2, 0) is 4.79 Å². The van der Waals surface area contributed by atoms with Crippen molar-refractivity contribution in [1.82, 2.24) is 5.32 Å². The van der Waals surface area contributed by atoms with E-state index in [1.165, 1.54) is 19.3 Å². The molecular weight excluding hydrogens is 268 g/mol. The molecule has 0 aromatic heterocycles. The second-order valence-corrected chi connectivity index (χ2v) is 5.37. The Hall–Kier alpha value is -2.04. The molecular formula is C16H22N2O3. The first-order valence-electron chi connectivity index (χ1n) is 7.41. The van der Waals surface area contributed by atoms with Gasteiger partial charge in [0.2, 0.25) is 0 Å². The Morgan fingerprint density at radius 3 is 2.76 bits per heavy atom. The zero-order valence-electron chi connectivity index (χ0n) is 12.3. The molecule has 0 aliphatic heterocycles. The number of para-hydroxylation sites is 1. The van der Waals surface area contributed by atoms with Crippen LogP contribution in [0, 0.1) is 0 Å². The lowest BCUT2D eigenvalue weighted by molar-refractivity contribution is -0.124. The Balaban J connectivity index is 1.89. The fourth-order valence-electron chi connectivity index (χ4n) is 2.60. The van der Waals surface area contributed by atoms with Crippen LogP contribution in [0.4, 0.5) is 0 Å². The third kappa shape index (κ3) is 4.48. The average Bonchev–Trinajstić information content (AvgIpc) is 2.53. The number of oxime groups is 1. The van der Waals surface area contributed by atoms with Crippen molar-refractivity contribution in [3.8, 4) is 5.75 Å². The molecule has 0 saturated heterocycles. The van der Waals surface area contributed by atoms with Crippen LogP contribution in [0.2, 0.25) is 0 Å². The van der Waals surface area contributed by atoms with E-state index in [0.717, 1.165) is 12.8 Å². The van der Waals surface area contributed by atoms with Gasteiger partial charge in [-0.2, -0.15) is 0 Å². The van der Waals surface area contributed by atoms with E-state index < -0.39 is 0 Å². The highest BCUT2D eigenvalue weighted by atomic mass is 16.5. The van der Waals surface area contributed by atoms with Gasteiger partial charge in [0.15, 0.2) is 6.61 Å². The number of carbonyl (C=O) groups is 1. The van der Waals surface area contributed by atoms with E-state index in [4.69, 9.17) is 9.94 Å². The van der Waals surface area contributed by atoms with Crippen LogP contribution < -0.4 is 10.1 Å². The Bertz CT molecular complexity index is 508. The molecule has 1 aromatic carbocycles. The van der Waals surface area contributed by atoms with E-state index in [9.17, 15) is 4.79 Å². The molecule has 1 saturated carbocycles. The molecule has 0 bridgehead atoms. The Labute approximate surface area is 125 Å². The summed E-state index contributed by atoms with van der Waals surface area (Å²) in [6, 6.07) is 7.49. The molecule has 1 aliphatic rings. The zero-order valence-corrected chi connectivity index (χ0v) is 12.3. The summed E-state index contributed by atoms with van der Waals surface area (Å²) in [5.41, 5.74) is 1.14. The van der Waals surface area contributed by atoms with Crippen LogP contribution in [0.15, 0.2) is 29.4 Å². The standard InChI is InChI=1S/C16H22N2O3/c1-12(18-20)14-9-5-6-10-15(14)21-11-16(19)17-13-7-3-2-4-8-13/h5-6,9-10,13,20H,2-4,7-8,11H2,1H3,(H,17,19)/b18-12+. The lowest BCUT2D eigenvalue weighted by Gasteiger charge is -2.22. The summed E-state index contributed by atoms with van der Waals surface area (Å²) in [5, 5.41) is 15.0. The van der Waals surface area contributed by atoms with Crippen LogP contribution in [-0.4, -0.2) is 29.5 Å². The Morgan fingerprint density at radius 1 is 1.33 bits per heavy atom. The third-order valence-electron chi connectivity index (χ3n) is 3.76. The van der Waals surface area contributed by atoms with E-state index in [-0.39, 0.29) is 18.6 Å². The van der Waals surface area contributed by atoms with Crippen LogP contribution in [0.25, 0.3) is 0 Å². The third-order valence-corrected chi connectivity index (χ3v) is 3.76. The molecule has 2 rings (SSSR count). The number of carbonyl (C=O) groups excluding carboxylic acids is 1. The van der Waals surface area contributed by atoms with Crippen LogP contribution in [0.5, 0.6) is 5.75 Å². The summed E-state index contributed by atoms with van der Waals surface area (Å²) in [7, 11) is 0. The molecule has 114 valence electrons. The van der Waals surface area contributed by atoms with Crippen LogP contribution in [0.1, 0.15) is 44.6 Å². The van der Waals surface area contributed by atoms with Gasteiger partial charge in [0.25, 0.3) is 5.91 Å². The maximum Gasteiger partial charge on any atom is 0.258 e. The molecule has 0 spiro atoms. The average molecular weight is 290 g/mol. The first kappa shape index (κ1) is 15.4. The van der Waals surface area contributed by atoms with Crippen molar-refractivity contribution < 1.29 is 14.7 Å². The van der Waals surface area contributed by atoms with Gasteiger partial charge in [-0.3, -0.25) is 4.79 Å².